The predicted octanol–water partition coefficient (Wildman–Crippen LogP) is 0.550. The van der Waals surface area contributed by atoms with E-state index in [4.69, 9.17) is 20.5 Å². The molecule has 4 radical (unpaired) electrons. The van der Waals surface area contributed by atoms with E-state index in [2.05, 4.69) is 18.7 Å². The second-order valence-electron chi connectivity index (χ2n) is 7.37. The van der Waals surface area contributed by atoms with Crippen LogP contribution in [0.25, 0.3) is 0 Å². The van der Waals surface area contributed by atoms with Gasteiger partial charge in [0.1, 0.15) is 7.11 Å². The Bertz CT molecular complexity index is 612. The van der Waals surface area contributed by atoms with Gasteiger partial charge in [-0.15, -0.1) is 0 Å². The molecule has 1 fully saturated rings. The van der Waals surface area contributed by atoms with E-state index in [1.54, 1.807) is 26.2 Å². The zero-order valence-electron chi connectivity index (χ0n) is 16.0. The van der Waals surface area contributed by atoms with Gasteiger partial charge in [0.25, 0.3) is 0 Å². The summed E-state index contributed by atoms with van der Waals surface area (Å²) in [5.41, 5.74) is 0.952. The van der Waals surface area contributed by atoms with Crippen molar-refractivity contribution >= 4 is 21.6 Å². The molecule has 1 aromatic rings. The van der Waals surface area contributed by atoms with Crippen molar-refractivity contribution < 1.29 is 14.4 Å². The SMILES string of the molecule is [B]C([B])(c1cccc(C(=O)N(C)C)[n+]1OC)N1CCC(C(C)C)CC1. The Morgan fingerprint density at radius 3 is 2.40 bits per heavy atom. The van der Waals surface area contributed by atoms with Gasteiger partial charge in [-0.1, -0.05) is 13.8 Å². The quantitative estimate of drug-likeness (QED) is 0.580. The first-order valence-corrected chi connectivity index (χ1v) is 8.84. The van der Waals surface area contributed by atoms with E-state index in [0.717, 1.165) is 25.9 Å². The zero-order valence-corrected chi connectivity index (χ0v) is 16.0. The number of piperidine rings is 1. The number of carbonyl (C=O) groups is 1. The van der Waals surface area contributed by atoms with Gasteiger partial charge in [0.15, 0.2) is 0 Å². The third kappa shape index (κ3) is 4.02. The molecule has 2 rings (SSSR count). The van der Waals surface area contributed by atoms with Gasteiger partial charge < -0.3 is 9.80 Å². The van der Waals surface area contributed by atoms with Gasteiger partial charge in [0.05, 0.1) is 15.7 Å². The smallest absolute Gasteiger partial charge is 0.323 e. The highest BCUT2D eigenvalue weighted by atomic mass is 16.6. The highest BCUT2D eigenvalue weighted by Crippen LogP contribution is 2.30. The van der Waals surface area contributed by atoms with Crippen LogP contribution in [0.3, 0.4) is 0 Å². The number of carbonyl (C=O) groups excluding carboxylic acids is 1. The van der Waals surface area contributed by atoms with E-state index in [-0.39, 0.29) is 5.91 Å². The molecule has 5 nitrogen and oxygen atoms in total. The van der Waals surface area contributed by atoms with E-state index in [1.807, 2.05) is 6.07 Å². The van der Waals surface area contributed by atoms with Crippen LogP contribution in [-0.2, 0) is 5.34 Å². The van der Waals surface area contributed by atoms with Crippen molar-refractivity contribution in [2.24, 2.45) is 11.8 Å². The van der Waals surface area contributed by atoms with E-state index < -0.39 is 5.34 Å². The monoisotopic (exact) mass is 340 g/mol. The van der Waals surface area contributed by atoms with E-state index >= 15 is 0 Å². The molecular formula is C18H28B2N3O2+. The van der Waals surface area contributed by atoms with E-state index in [0.29, 0.717) is 23.2 Å². The molecule has 7 heteroatoms. The molecule has 1 aromatic heterocycles. The molecule has 0 aromatic carbocycles. The lowest BCUT2D eigenvalue weighted by Gasteiger charge is -2.42. The van der Waals surface area contributed by atoms with Gasteiger partial charge in [-0.25, -0.2) is 0 Å². The molecule has 1 saturated heterocycles. The Kier molecular flexibility index (Phi) is 6.20. The fourth-order valence-corrected chi connectivity index (χ4v) is 3.47. The molecule has 132 valence electrons. The maximum atomic E-state index is 12.4. The molecule has 0 bridgehead atoms. The number of likely N-dealkylation sites (tertiary alicyclic amines) is 1. The Morgan fingerprint density at radius 2 is 1.92 bits per heavy atom. The first-order valence-electron chi connectivity index (χ1n) is 8.84. The fraction of sp³-hybridized carbons (Fsp3) is 0.667. The van der Waals surface area contributed by atoms with Crippen LogP contribution in [0.2, 0.25) is 0 Å². The normalized spacial score (nSPS) is 16.9. The number of hydrogen-bond donors (Lipinski definition) is 0. The minimum atomic E-state index is -1.21. The second kappa shape index (κ2) is 7.81. The number of nitrogens with zero attached hydrogens (tertiary/aromatic N) is 3. The van der Waals surface area contributed by atoms with E-state index in [9.17, 15) is 4.79 Å². The lowest BCUT2D eigenvalue weighted by Crippen LogP contribution is -2.61. The highest BCUT2D eigenvalue weighted by molar-refractivity contribution is 6.39. The molecule has 1 aliphatic heterocycles. The van der Waals surface area contributed by atoms with Gasteiger partial charge >= 0.3 is 11.6 Å². The van der Waals surface area contributed by atoms with Crippen molar-refractivity contribution in [3.8, 4) is 0 Å². The molecule has 0 saturated carbocycles. The van der Waals surface area contributed by atoms with Crippen LogP contribution in [0, 0.1) is 11.8 Å². The van der Waals surface area contributed by atoms with Crippen molar-refractivity contribution in [1.82, 2.24) is 9.80 Å². The standard InChI is InChI=1S/C18H28B2N3O2/c1-13(2)14-9-11-22(12-10-14)18(19,20)16-8-6-7-15(23(16)25-5)17(24)21(3)4/h6-8,13-14H,9-12H2,1-5H3/q+1. The average molecular weight is 340 g/mol. The van der Waals surface area contributed by atoms with Gasteiger partial charge in [0.2, 0.25) is 5.69 Å². The van der Waals surface area contributed by atoms with Crippen LogP contribution < -0.4 is 9.57 Å². The average Bonchev–Trinajstić information content (AvgIpc) is 2.60. The Labute approximate surface area is 154 Å². The molecule has 25 heavy (non-hydrogen) atoms. The molecule has 0 N–H and O–H groups in total. The van der Waals surface area contributed by atoms with Gasteiger partial charge in [-0.3, -0.25) is 9.63 Å². The third-order valence-electron chi connectivity index (χ3n) is 5.17. The topological polar surface area (TPSA) is 36.7 Å². The lowest BCUT2D eigenvalue weighted by molar-refractivity contribution is -0.893. The summed E-state index contributed by atoms with van der Waals surface area (Å²) in [6.45, 7) is 6.16. The number of pyridine rings is 1. The Balaban J connectivity index is 2.33. The van der Waals surface area contributed by atoms with Crippen molar-refractivity contribution in [1.29, 1.82) is 0 Å². The number of hydrogen-bond acceptors (Lipinski definition) is 3. The summed E-state index contributed by atoms with van der Waals surface area (Å²) in [6, 6.07) is 5.30. The van der Waals surface area contributed by atoms with Gasteiger partial charge in [-0.05, 0) is 43.8 Å². The number of rotatable bonds is 5. The summed E-state index contributed by atoms with van der Waals surface area (Å²) in [5, 5.41) is -1.21. The van der Waals surface area contributed by atoms with Crippen molar-refractivity contribution in [2.75, 3.05) is 34.3 Å². The summed E-state index contributed by atoms with van der Waals surface area (Å²) >= 11 is 0. The highest BCUT2D eigenvalue weighted by Gasteiger charge is 2.40. The molecule has 1 amide bonds. The molecule has 0 unspecified atom stereocenters. The summed E-state index contributed by atoms with van der Waals surface area (Å²) < 4.78 is 1.44. The van der Waals surface area contributed by atoms with E-state index in [1.165, 1.54) is 16.7 Å². The predicted molar refractivity (Wildman–Crippen MR) is 99.5 cm³/mol. The first kappa shape index (κ1) is 19.8. The largest absolute Gasteiger partial charge is 0.339 e. The fourth-order valence-electron chi connectivity index (χ4n) is 3.47. The molecule has 0 aliphatic carbocycles. The molecular weight excluding hydrogens is 312 g/mol. The maximum Gasteiger partial charge on any atom is 0.323 e. The summed E-state index contributed by atoms with van der Waals surface area (Å²) in [6.07, 6.45) is 2.13. The molecule has 1 aliphatic rings. The molecule has 2 heterocycles. The Hall–Kier alpha value is -1.49. The summed E-state index contributed by atoms with van der Waals surface area (Å²) in [5.74, 6) is 1.19. The van der Waals surface area contributed by atoms with Crippen LogP contribution >= 0.6 is 0 Å². The van der Waals surface area contributed by atoms with Crippen molar-refractivity contribution in [3.63, 3.8) is 0 Å². The summed E-state index contributed by atoms with van der Waals surface area (Å²) in [7, 11) is 18.0. The van der Waals surface area contributed by atoms with Crippen LogP contribution in [0.1, 0.15) is 42.9 Å². The molecule has 0 atom stereocenters. The minimum Gasteiger partial charge on any atom is -0.339 e. The Morgan fingerprint density at radius 1 is 1.32 bits per heavy atom. The maximum absolute atomic E-state index is 12.4. The summed E-state index contributed by atoms with van der Waals surface area (Å²) in [4.78, 5) is 21.5. The van der Waals surface area contributed by atoms with Crippen LogP contribution in [0.15, 0.2) is 18.2 Å². The van der Waals surface area contributed by atoms with Gasteiger partial charge in [0, 0.05) is 36.3 Å². The van der Waals surface area contributed by atoms with Crippen LogP contribution in [0.5, 0.6) is 0 Å². The van der Waals surface area contributed by atoms with Crippen LogP contribution in [-0.4, -0.2) is 65.7 Å². The molecule has 0 spiro atoms. The second-order valence-corrected chi connectivity index (χ2v) is 7.37. The zero-order chi connectivity index (χ0) is 18.8. The minimum absolute atomic E-state index is 0.169. The first-order chi connectivity index (χ1) is 11.7. The lowest BCUT2D eigenvalue weighted by atomic mass is 9.57. The van der Waals surface area contributed by atoms with Crippen molar-refractivity contribution in [2.45, 2.75) is 32.0 Å². The van der Waals surface area contributed by atoms with Gasteiger partial charge in [-0.2, -0.15) is 0 Å². The van der Waals surface area contributed by atoms with Crippen molar-refractivity contribution in [3.05, 3.63) is 29.6 Å². The third-order valence-corrected chi connectivity index (χ3v) is 5.17. The number of aromatic nitrogens is 1. The number of amides is 1. The van der Waals surface area contributed by atoms with Crippen LogP contribution in [0.4, 0.5) is 0 Å².